The molecule has 0 fully saturated rings. The number of hydrogen-bond donors (Lipinski definition) is 0. The number of rotatable bonds is 4. The molecular formula is C11H19N. The highest BCUT2D eigenvalue weighted by atomic mass is 14.7. The van der Waals surface area contributed by atoms with E-state index < -0.39 is 0 Å². The first-order valence-corrected chi connectivity index (χ1v) is 4.49. The van der Waals surface area contributed by atoms with Gasteiger partial charge in [0.15, 0.2) is 0 Å². The highest BCUT2D eigenvalue weighted by Crippen LogP contribution is 2.19. The maximum Gasteiger partial charge on any atom is 0.0428 e. The summed E-state index contributed by atoms with van der Waals surface area (Å²) in [5.41, 5.74) is 2.41. The van der Waals surface area contributed by atoms with E-state index in [1.54, 1.807) is 0 Å². The van der Waals surface area contributed by atoms with Crippen molar-refractivity contribution in [2.24, 2.45) is 10.9 Å². The summed E-state index contributed by atoms with van der Waals surface area (Å²) in [6, 6.07) is 0. The van der Waals surface area contributed by atoms with Crippen molar-refractivity contribution in [1.82, 2.24) is 0 Å². The molecule has 68 valence electrons. The summed E-state index contributed by atoms with van der Waals surface area (Å²) in [5, 5.41) is 0. The van der Waals surface area contributed by atoms with Gasteiger partial charge in [-0.15, -0.1) is 0 Å². The first-order chi connectivity index (χ1) is 5.67. The Balaban J connectivity index is 4.88. The predicted molar refractivity (Wildman–Crippen MR) is 56.5 cm³/mol. The fraction of sp³-hybridized carbons (Fsp3) is 0.545. The van der Waals surface area contributed by atoms with E-state index in [4.69, 9.17) is 0 Å². The summed E-state index contributed by atoms with van der Waals surface area (Å²) in [6.07, 6.45) is 5.13. The number of nitrogens with zero attached hydrogens (tertiary/aromatic N) is 1. The highest BCUT2D eigenvalue weighted by molar-refractivity contribution is 5.34. The van der Waals surface area contributed by atoms with Gasteiger partial charge in [0.2, 0.25) is 0 Å². The fourth-order valence-electron chi connectivity index (χ4n) is 1.21. The van der Waals surface area contributed by atoms with Gasteiger partial charge in [-0.3, -0.25) is 4.99 Å². The molecule has 0 saturated carbocycles. The van der Waals surface area contributed by atoms with Crippen molar-refractivity contribution in [3.63, 3.8) is 0 Å². The van der Waals surface area contributed by atoms with Gasteiger partial charge in [-0.2, -0.15) is 0 Å². The number of aliphatic imine (C=N–C) groups is 1. The smallest absolute Gasteiger partial charge is 0.0428 e. The van der Waals surface area contributed by atoms with Crippen LogP contribution in [-0.4, -0.2) is 6.72 Å². The molecule has 0 saturated heterocycles. The first-order valence-electron chi connectivity index (χ1n) is 4.49. The van der Waals surface area contributed by atoms with Crippen LogP contribution >= 0.6 is 0 Å². The topological polar surface area (TPSA) is 12.4 Å². The van der Waals surface area contributed by atoms with Crippen LogP contribution in [0.15, 0.2) is 28.4 Å². The van der Waals surface area contributed by atoms with Crippen LogP contribution in [0.3, 0.4) is 0 Å². The van der Waals surface area contributed by atoms with Crippen LogP contribution in [0.25, 0.3) is 0 Å². The van der Waals surface area contributed by atoms with E-state index in [0.717, 1.165) is 12.1 Å². The van der Waals surface area contributed by atoms with Gasteiger partial charge in [-0.1, -0.05) is 32.9 Å². The van der Waals surface area contributed by atoms with Crippen LogP contribution < -0.4 is 0 Å². The summed E-state index contributed by atoms with van der Waals surface area (Å²) in [5.74, 6) is 0.529. The molecule has 0 heterocycles. The van der Waals surface area contributed by atoms with E-state index in [2.05, 4.69) is 44.6 Å². The molecule has 0 radical (unpaired) electrons. The molecule has 0 spiro atoms. The normalized spacial score (nSPS) is 13.8. The van der Waals surface area contributed by atoms with Crippen molar-refractivity contribution in [1.29, 1.82) is 0 Å². The molecule has 0 bridgehead atoms. The molecule has 0 aromatic carbocycles. The van der Waals surface area contributed by atoms with Gasteiger partial charge in [0.05, 0.1) is 0 Å². The second-order valence-corrected chi connectivity index (χ2v) is 3.07. The van der Waals surface area contributed by atoms with Crippen molar-refractivity contribution in [3.8, 4) is 0 Å². The Labute approximate surface area is 75.9 Å². The van der Waals surface area contributed by atoms with Gasteiger partial charge in [0.1, 0.15) is 0 Å². The lowest BCUT2D eigenvalue weighted by molar-refractivity contribution is 0.768. The minimum atomic E-state index is 0.529. The maximum atomic E-state index is 4.03. The van der Waals surface area contributed by atoms with Crippen LogP contribution in [0.1, 0.15) is 34.1 Å². The van der Waals surface area contributed by atoms with Crippen LogP contribution in [-0.2, 0) is 0 Å². The summed E-state index contributed by atoms with van der Waals surface area (Å²) in [6.45, 7) is 12.1. The maximum absolute atomic E-state index is 4.03. The van der Waals surface area contributed by atoms with Crippen molar-refractivity contribution >= 4 is 6.72 Å². The van der Waals surface area contributed by atoms with Crippen LogP contribution in [0, 0.1) is 5.92 Å². The van der Waals surface area contributed by atoms with Gasteiger partial charge < -0.3 is 0 Å². The quantitative estimate of drug-likeness (QED) is 0.446. The molecule has 0 unspecified atom stereocenters. The van der Waals surface area contributed by atoms with E-state index >= 15 is 0 Å². The fourth-order valence-corrected chi connectivity index (χ4v) is 1.21. The largest absolute Gasteiger partial charge is 0.269 e. The molecule has 0 aliphatic carbocycles. The first kappa shape index (κ1) is 11.2. The lowest BCUT2D eigenvalue weighted by atomic mass is 9.99. The third kappa shape index (κ3) is 3.04. The Morgan fingerprint density at radius 2 is 2.08 bits per heavy atom. The minimum Gasteiger partial charge on any atom is -0.269 e. The Morgan fingerprint density at radius 1 is 1.50 bits per heavy atom. The number of allylic oxidation sites excluding steroid dienone is 4. The standard InChI is InChI=1S/C11H19N/c1-6-8-10(9(3)4)11(7-2)12-5/h6,8-9H,5,7H2,1-4H3/b8-6-,11-10+. The molecule has 0 amide bonds. The zero-order valence-electron chi connectivity index (χ0n) is 8.59. The lowest BCUT2D eigenvalue weighted by Crippen LogP contribution is -1.95. The van der Waals surface area contributed by atoms with Gasteiger partial charge in [-0.25, -0.2) is 0 Å². The predicted octanol–water partition coefficient (Wildman–Crippen LogP) is 3.58. The SMILES string of the molecule is C=N/C(CC)=C(\C=C/C)C(C)C. The molecule has 1 heteroatoms. The zero-order valence-corrected chi connectivity index (χ0v) is 8.59. The van der Waals surface area contributed by atoms with E-state index in [1.165, 1.54) is 5.57 Å². The Kier molecular flexibility index (Phi) is 5.35. The molecule has 0 N–H and O–H groups in total. The lowest BCUT2D eigenvalue weighted by Gasteiger charge is -2.09. The van der Waals surface area contributed by atoms with Crippen LogP contribution in [0.2, 0.25) is 0 Å². The average Bonchev–Trinajstić information content (AvgIpc) is 2.05. The summed E-state index contributed by atoms with van der Waals surface area (Å²) in [7, 11) is 0. The van der Waals surface area contributed by atoms with Crippen molar-refractivity contribution in [2.45, 2.75) is 34.1 Å². The van der Waals surface area contributed by atoms with E-state index in [-0.39, 0.29) is 0 Å². The monoisotopic (exact) mass is 165 g/mol. The van der Waals surface area contributed by atoms with Crippen molar-refractivity contribution in [2.75, 3.05) is 0 Å². The minimum absolute atomic E-state index is 0.529. The molecular weight excluding hydrogens is 146 g/mol. The van der Waals surface area contributed by atoms with E-state index in [9.17, 15) is 0 Å². The van der Waals surface area contributed by atoms with Gasteiger partial charge >= 0.3 is 0 Å². The Bertz CT molecular complexity index is 197. The number of hydrogen-bond acceptors (Lipinski definition) is 1. The molecule has 0 rings (SSSR count). The summed E-state index contributed by atoms with van der Waals surface area (Å²) in [4.78, 5) is 4.03. The molecule has 0 aliphatic rings. The molecule has 0 aromatic rings. The third-order valence-corrected chi connectivity index (χ3v) is 1.83. The van der Waals surface area contributed by atoms with E-state index in [0.29, 0.717) is 5.92 Å². The molecule has 0 atom stereocenters. The molecule has 1 nitrogen and oxygen atoms in total. The second kappa shape index (κ2) is 5.76. The van der Waals surface area contributed by atoms with Gasteiger partial charge in [0.25, 0.3) is 0 Å². The van der Waals surface area contributed by atoms with Crippen molar-refractivity contribution in [3.05, 3.63) is 23.4 Å². The highest BCUT2D eigenvalue weighted by Gasteiger charge is 2.04. The summed E-state index contributed by atoms with van der Waals surface area (Å²) >= 11 is 0. The zero-order chi connectivity index (χ0) is 9.56. The second-order valence-electron chi connectivity index (χ2n) is 3.07. The Hall–Kier alpha value is -0.850. The third-order valence-electron chi connectivity index (χ3n) is 1.83. The summed E-state index contributed by atoms with van der Waals surface area (Å²) < 4.78 is 0. The molecule has 0 aromatic heterocycles. The molecule has 12 heavy (non-hydrogen) atoms. The van der Waals surface area contributed by atoms with Crippen LogP contribution in [0.4, 0.5) is 0 Å². The molecule has 0 aliphatic heterocycles. The van der Waals surface area contributed by atoms with Crippen molar-refractivity contribution < 1.29 is 0 Å². The van der Waals surface area contributed by atoms with Crippen LogP contribution in [0.5, 0.6) is 0 Å². The Morgan fingerprint density at radius 3 is 2.33 bits per heavy atom. The van der Waals surface area contributed by atoms with Gasteiger partial charge in [-0.05, 0) is 31.6 Å². The van der Waals surface area contributed by atoms with Gasteiger partial charge in [0, 0.05) is 5.70 Å². The van der Waals surface area contributed by atoms with E-state index in [1.807, 2.05) is 6.92 Å². The average molecular weight is 165 g/mol.